The smallest absolute Gasteiger partial charge is 0.156 e. The van der Waals surface area contributed by atoms with Gasteiger partial charge < -0.3 is 9.64 Å². The highest BCUT2D eigenvalue weighted by Gasteiger charge is 2.50. The maximum absolute atomic E-state index is 7.15. The average Bonchev–Trinajstić information content (AvgIpc) is 3.53. The van der Waals surface area contributed by atoms with Gasteiger partial charge in [-0.25, -0.2) is 0 Å². The first-order valence-electron chi connectivity index (χ1n) is 18.3. The molecule has 0 saturated heterocycles. The normalized spacial score (nSPS) is 13.2. The molecule has 9 aromatic carbocycles. The Morgan fingerprint density at radius 1 is 0.340 bits per heavy atom. The van der Waals surface area contributed by atoms with Crippen LogP contribution in [0.15, 0.2) is 200 Å². The first kappa shape index (κ1) is 29.8. The number of para-hydroxylation sites is 2. The van der Waals surface area contributed by atoms with Crippen LogP contribution in [0.5, 0.6) is 11.5 Å². The van der Waals surface area contributed by atoms with Gasteiger partial charge >= 0.3 is 0 Å². The predicted octanol–water partition coefficient (Wildman–Crippen LogP) is 13.6. The molecule has 0 saturated carbocycles. The molecule has 1 aliphatic carbocycles. The highest BCUT2D eigenvalue weighted by atomic mass is 16.5. The summed E-state index contributed by atoms with van der Waals surface area (Å²) >= 11 is 0. The van der Waals surface area contributed by atoms with E-state index >= 15 is 0 Å². The molecule has 1 aliphatic heterocycles. The lowest BCUT2D eigenvalue weighted by Gasteiger charge is -2.41. The van der Waals surface area contributed by atoms with Gasteiger partial charge in [0.1, 0.15) is 5.75 Å². The van der Waals surface area contributed by atoms with Gasteiger partial charge in [0.25, 0.3) is 0 Å². The Morgan fingerprint density at radius 3 is 1.36 bits per heavy atom. The monoisotopic (exact) mass is 675 g/mol. The Hall–Kier alpha value is -6.90. The van der Waals surface area contributed by atoms with Crippen molar-refractivity contribution in [2.24, 2.45) is 0 Å². The summed E-state index contributed by atoms with van der Waals surface area (Å²) in [5.41, 5.74) is 12.2. The van der Waals surface area contributed by atoms with Crippen LogP contribution in [0.4, 0.5) is 17.1 Å². The van der Waals surface area contributed by atoms with Crippen LogP contribution in [-0.4, -0.2) is 0 Å². The second-order valence-corrected chi connectivity index (χ2v) is 14.0. The van der Waals surface area contributed by atoms with Crippen LogP contribution in [0.25, 0.3) is 43.8 Å². The standard InChI is InChI=1S/C51H33NO/c1-3-12-34(13-4-1)36-26-30-40(31-27-36)52(41-32-28-37(29-33-41)35-14-5-2-6-15-35)46-22-11-21-45-50(46)53-47-23-8-7-18-42(47)51(45)43-19-9-16-38-24-25-39-17-10-20-44(51)49(39)48(38)43/h1-33H. The second kappa shape index (κ2) is 11.6. The van der Waals surface area contributed by atoms with Crippen molar-refractivity contribution in [2.75, 3.05) is 4.90 Å². The molecule has 0 bridgehead atoms. The van der Waals surface area contributed by atoms with E-state index in [-0.39, 0.29) is 0 Å². The van der Waals surface area contributed by atoms with Crippen molar-refractivity contribution >= 4 is 38.6 Å². The predicted molar refractivity (Wildman–Crippen MR) is 219 cm³/mol. The van der Waals surface area contributed by atoms with Gasteiger partial charge in [-0.15, -0.1) is 0 Å². The Morgan fingerprint density at radius 2 is 0.792 bits per heavy atom. The summed E-state index contributed by atoms with van der Waals surface area (Å²) in [6.07, 6.45) is 0. The molecule has 9 aromatic rings. The minimum absolute atomic E-state index is 0.553. The molecule has 0 N–H and O–H groups in total. The zero-order chi connectivity index (χ0) is 34.9. The minimum atomic E-state index is -0.553. The number of hydrogen-bond acceptors (Lipinski definition) is 2. The van der Waals surface area contributed by atoms with Crippen molar-refractivity contribution in [3.63, 3.8) is 0 Å². The van der Waals surface area contributed by atoms with Crippen LogP contribution in [0.1, 0.15) is 22.3 Å². The Labute approximate surface area is 308 Å². The highest BCUT2D eigenvalue weighted by Crippen LogP contribution is 2.63. The largest absolute Gasteiger partial charge is 0.454 e. The van der Waals surface area contributed by atoms with Crippen LogP contribution in [0.3, 0.4) is 0 Å². The summed E-state index contributed by atoms with van der Waals surface area (Å²) in [6, 6.07) is 72.4. The highest BCUT2D eigenvalue weighted by molar-refractivity contribution is 6.16. The molecule has 0 unspecified atom stereocenters. The molecule has 2 nitrogen and oxygen atoms in total. The fourth-order valence-corrected chi connectivity index (χ4v) is 9.02. The number of fused-ring (bicyclic) bond motifs is 6. The lowest BCUT2D eigenvalue weighted by Crippen LogP contribution is -2.33. The van der Waals surface area contributed by atoms with E-state index in [4.69, 9.17) is 4.74 Å². The van der Waals surface area contributed by atoms with Crippen molar-refractivity contribution in [1.82, 2.24) is 0 Å². The summed E-state index contributed by atoms with van der Waals surface area (Å²) < 4.78 is 7.15. The molecule has 1 spiro atoms. The number of rotatable bonds is 5. The molecule has 2 aliphatic rings. The van der Waals surface area contributed by atoms with E-state index in [9.17, 15) is 0 Å². The van der Waals surface area contributed by atoms with Crippen molar-refractivity contribution in [1.29, 1.82) is 0 Å². The first-order valence-corrected chi connectivity index (χ1v) is 18.3. The van der Waals surface area contributed by atoms with Gasteiger partial charge in [0, 0.05) is 22.5 Å². The third-order valence-corrected chi connectivity index (χ3v) is 11.3. The first-order chi connectivity index (χ1) is 26.3. The van der Waals surface area contributed by atoms with Crippen molar-refractivity contribution in [3.8, 4) is 33.8 Å². The van der Waals surface area contributed by atoms with Crippen molar-refractivity contribution in [3.05, 3.63) is 222 Å². The maximum Gasteiger partial charge on any atom is 0.156 e. The number of nitrogens with zero attached hydrogens (tertiary/aromatic N) is 1. The van der Waals surface area contributed by atoms with Crippen LogP contribution < -0.4 is 9.64 Å². The quantitative estimate of drug-likeness (QED) is 0.168. The van der Waals surface area contributed by atoms with Gasteiger partial charge in [-0.3, -0.25) is 0 Å². The fourth-order valence-electron chi connectivity index (χ4n) is 9.02. The van der Waals surface area contributed by atoms with E-state index in [2.05, 4.69) is 205 Å². The van der Waals surface area contributed by atoms with E-state index in [1.54, 1.807) is 0 Å². The van der Waals surface area contributed by atoms with Gasteiger partial charge in [0.2, 0.25) is 0 Å². The number of anilines is 3. The molecule has 1 heterocycles. The molecule has 53 heavy (non-hydrogen) atoms. The summed E-state index contributed by atoms with van der Waals surface area (Å²) in [5.74, 6) is 1.75. The lowest BCUT2D eigenvalue weighted by molar-refractivity contribution is 0.437. The molecule has 248 valence electrons. The topological polar surface area (TPSA) is 12.5 Å². The van der Waals surface area contributed by atoms with Gasteiger partial charge in [0.05, 0.1) is 11.1 Å². The second-order valence-electron chi connectivity index (χ2n) is 14.0. The third kappa shape index (κ3) is 4.33. The summed E-state index contributed by atoms with van der Waals surface area (Å²) in [6.45, 7) is 0. The molecule has 0 aromatic heterocycles. The number of hydrogen-bond donors (Lipinski definition) is 0. The number of benzene rings is 9. The molecular weight excluding hydrogens is 643 g/mol. The van der Waals surface area contributed by atoms with Crippen molar-refractivity contribution in [2.45, 2.75) is 5.41 Å². The van der Waals surface area contributed by atoms with E-state index < -0.39 is 5.41 Å². The van der Waals surface area contributed by atoms with Gasteiger partial charge in [0.15, 0.2) is 5.75 Å². The van der Waals surface area contributed by atoms with Crippen molar-refractivity contribution < 1.29 is 4.74 Å². The van der Waals surface area contributed by atoms with Crippen LogP contribution in [-0.2, 0) is 5.41 Å². The summed E-state index contributed by atoms with van der Waals surface area (Å²) in [4.78, 5) is 2.35. The number of ether oxygens (including phenoxy) is 1. The average molecular weight is 676 g/mol. The van der Waals surface area contributed by atoms with Gasteiger partial charge in [-0.1, -0.05) is 164 Å². The van der Waals surface area contributed by atoms with Crippen LogP contribution in [0, 0.1) is 0 Å². The maximum atomic E-state index is 7.15. The molecule has 0 amide bonds. The Balaban J connectivity index is 1.16. The summed E-state index contributed by atoms with van der Waals surface area (Å²) in [7, 11) is 0. The fraction of sp³-hybridized carbons (Fsp3) is 0.0196. The molecule has 0 radical (unpaired) electrons. The van der Waals surface area contributed by atoms with E-state index in [0.29, 0.717) is 0 Å². The molecular formula is C51H33NO. The van der Waals surface area contributed by atoms with Gasteiger partial charge in [-0.05, 0) is 91.3 Å². The zero-order valence-corrected chi connectivity index (χ0v) is 28.9. The van der Waals surface area contributed by atoms with E-state index in [0.717, 1.165) is 34.1 Å². The SMILES string of the molecule is c1ccc(-c2ccc(N(c3ccc(-c4ccccc4)cc3)c3cccc4c3Oc3ccccc3C43c4cccc5ccc6cccc3c6c45)cc2)cc1. The molecule has 2 heteroatoms. The zero-order valence-electron chi connectivity index (χ0n) is 28.9. The molecule has 0 fully saturated rings. The van der Waals surface area contributed by atoms with E-state index in [1.807, 2.05) is 0 Å². The van der Waals surface area contributed by atoms with E-state index in [1.165, 1.54) is 60.5 Å². The Bertz CT molecular complexity index is 2700. The molecule has 0 atom stereocenters. The minimum Gasteiger partial charge on any atom is -0.454 e. The van der Waals surface area contributed by atoms with Gasteiger partial charge in [-0.2, -0.15) is 0 Å². The molecule has 11 rings (SSSR count). The summed E-state index contributed by atoms with van der Waals surface area (Å²) in [5, 5.41) is 5.19. The lowest BCUT2D eigenvalue weighted by atomic mass is 9.65. The van der Waals surface area contributed by atoms with Crippen LogP contribution in [0.2, 0.25) is 0 Å². The van der Waals surface area contributed by atoms with Crippen LogP contribution >= 0.6 is 0 Å². The third-order valence-electron chi connectivity index (χ3n) is 11.3. The Kier molecular flexibility index (Phi) is 6.50.